The standard InChI is InChI=1S/C16H15N3S/c1-19(2)11-17-16-18-15(10-20-16)14-8-7-12-5-3-4-6-13(12)9-14/h3-11H,1-2H3/p+1. The Labute approximate surface area is 122 Å². The lowest BCUT2D eigenvalue weighted by molar-refractivity contribution is -0.459. The van der Waals surface area contributed by atoms with Gasteiger partial charge in [0.1, 0.15) is 0 Å². The number of rotatable bonds is 3. The molecule has 1 N–H and O–H groups in total. The van der Waals surface area contributed by atoms with E-state index in [1.807, 2.05) is 25.0 Å². The number of hydrogen-bond acceptors (Lipinski definition) is 2. The highest BCUT2D eigenvalue weighted by molar-refractivity contribution is 7.14. The minimum absolute atomic E-state index is 0.904. The van der Waals surface area contributed by atoms with Crippen molar-refractivity contribution in [2.45, 2.75) is 0 Å². The molecule has 0 radical (unpaired) electrons. The molecule has 1 aromatic heterocycles. The Bertz CT molecular complexity index is 770. The van der Waals surface area contributed by atoms with Gasteiger partial charge in [-0.15, -0.1) is 0 Å². The van der Waals surface area contributed by atoms with E-state index in [1.54, 1.807) is 11.3 Å². The number of fused-ring (bicyclic) bond motifs is 1. The second-order valence-corrected chi connectivity index (χ2v) is 5.69. The first-order valence-electron chi connectivity index (χ1n) is 6.43. The average molecular weight is 282 g/mol. The molecule has 4 heteroatoms. The van der Waals surface area contributed by atoms with Crippen molar-refractivity contribution in [3.05, 3.63) is 47.8 Å². The van der Waals surface area contributed by atoms with Crippen molar-refractivity contribution in [1.29, 1.82) is 0 Å². The molecule has 3 rings (SSSR count). The fourth-order valence-corrected chi connectivity index (χ4v) is 2.69. The van der Waals surface area contributed by atoms with Gasteiger partial charge in [0.2, 0.25) is 6.34 Å². The van der Waals surface area contributed by atoms with Crippen molar-refractivity contribution in [2.75, 3.05) is 19.4 Å². The first kappa shape index (κ1) is 12.8. The SMILES string of the molecule is C[N+](C)=CNc1nc(-c2ccc3ccccc3c2)cs1. The number of thiazole rings is 1. The third-order valence-electron chi connectivity index (χ3n) is 3.00. The van der Waals surface area contributed by atoms with Crippen molar-refractivity contribution in [3.8, 4) is 11.3 Å². The maximum atomic E-state index is 4.61. The van der Waals surface area contributed by atoms with Gasteiger partial charge in [-0.3, -0.25) is 4.58 Å². The van der Waals surface area contributed by atoms with E-state index >= 15 is 0 Å². The quantitative estimate of drug-likeness (QED) is 0.451. The zero-order chi connectivity index (χ0) is 13.9. The molecule has 100 valence electrons. The Hall–Kier alpha value is -2.20. The highest BCUT2D eigenvalue weighted by Gasteiger charge is 2.07. The molecule has 0 bridgehead atoms. The van der Waals surface area contributed by atoms with Gasteiger partial charge in [-0.05, 0) is 16.8 Å². The Kier molecular flexibility index (Phi) is 3.48. The lowest BCUT2D eigenvalue weighted by Crippen LogP contribution is -2.06. The summed E-state index contributed by atoms with van der Waals surface area (Å²) in [6.45, 7) is 0. The van der Waals surface area contributed by atoms with Crippen LogP contribution in [0.15, 0.2) is 47.8 Å². The molecule has 2 aromatic carbocycles. The van der Waals surface area contributed by atoms with Gasteiger partial charge in [-0.1, -0.05) is 47.7 Å². The first-order chi connectivity index (χ1) is 9.72. The lowest BCUT2D eigenvalue weighted by atomic mass is 10.1. The molecular formula is C16H16N3S+. The Morgan fingerprint density at radius 1 is 1.10 bits per heavy atom. The van der Waals surface area contributed by atoms with Gasteiger partial charge in [-0.25, -0.2) is 5.32 Å². The third kappa shape index (κ3) is 2.70. The van der Waals surface area contributed by atoms with Crippen molar-refractivity contribution < 1.29 is 4.58 Å². The highest BCUT2D eigenvalue weighted by Crippen LogP contribution is 2.27. The van der Waals surface area contributed by atoms with Crippen LogP contribution in [0.25, 0.3) is 22.0 Å². The molecule has 20 heavy (non-hydrogen) atoms. The topological polar surface area (TPSA) is 27.9 Å². The summed E-state index contributed by atoms with van der Waals surface area (Å²) < 4.78 is 1.96. The molecule has 0 fully saturated rings. The van der Waals surface area contributed by atoms with E-state index < -0.39 is 0 Å². The van der Waals surface area contributed by atoms with Gasteiger partial charge >= 0.3 is 0 Å². The fraction of sp³-hybridized carbons (Fsp3) is 0.125. The summed E-state index contributed by atoms with van der Waals surface area (Å²) in [6.07, 6.45) is 1.89. The Morgan fingerprint density at radius 2 is 1.90 bits per heavy atom. The average Bonchev–Trinajstić information content (AvgIpc) is 2.93. The van der Waals surface area contributed by atoms with Gasteiger partial charge in [0.15, 0.2) is 0 Å². The van der Waals surface area contributed by atoms with Crippen LogP contribution in [0.5, 0.6) is 0 Å². The van der Waals surface area contributed by atoms with Crippen molar-refractivity contribution in [1.82, 2.24) is 4.98 Å². The maximum absolute atomic E-state index is 4.61. The second kappa shape index (κ2) is 5.43. The number of nitrogens with zero attached hydrogens (tertiary/aromatic N) is 2. The molecule has 0 aliphatic heterocycles. The van der Waals surface area contributed by atoms with Crippen LogP contribution in [0, 0.1) is 0 Å². The smallest absolute Gasteiger partial charge is 0.273 e. The zero-order valence-electron chi connectivity index (χ0n) is 11.5. The van der Waals surface area contributed by atoms with Gasteiger partial charge in [0.25, 0.3) is 5.13 Å². The molecular weight excluding hydrogens is 266 g/mol. The van der Waals surface area contributed by atoms with Crippen LogP contribution in [-0.4, -0.2) is 30.0 Å². The third-order valence-corrected chi connectivity index (χ3v) is 3.77. The molecule has 3 aromatic rings. The summed E-state index contributed by atoms with van der Waals surface area (Å²) in [5.74, 6) is 0. The summed E-state index contributed by atoms with van der Waals surface area (Å²) >= 11 is 1.61. The predicted molar refractivity (Wildman–Crippen MR) is 86.9 cm³/mol. The van der Waals surface area contributed by atoms with E-state index in [0.717, 1.165) is 16.4 Å². The molecule has 1 heterocycles. The summed E-state index contributed by atoms with van der Waals surface area (Å²) in [7, 11) is 3.95. The van der Waals surface area contributed by atoms with Crippen LogP contribution in [0.4, 0.5) is 5.13 Å². The monoisotopic (exact) mass is 282 g/mol. The van der Waals surface area contributed by atoms with Crippen LogP contribution in [-0.2, 0) is 0 Å². The van der Waals surface area contributed by atoms with Crippen LogP contribution in [0.2, 0.25) is 0 Å². The second-order valence-electron chi connectivity index (χ2n) is 4.84. The van der Waals surface area contributed by atoms with Crippen molar-refractivity contribution in [3.63, 3.8) is 0 Å². The van der Waals surface area contributed by atoms with Crippen LogP contribution >= 0.6 is 11.3 Å². The van der Waals surface area contributed by atoms with Crippen molar-refractivity contribution >= 4 is 33.6 Å². The fourth-order valence-electron chi connectivity index (χ4n) is 2.01. The number of nitrogens with one attached hydrogen (secondary N) is 1. The first-order valence-corrected chi connectivity index (χ1v) is 7.31. The van der Waals surface area contributed by atoms with E-state index in [9.17, 15) is 0 Å². The molecule has 0 aliphatic rings. The lowest BCUT2D eigenvalue weighted by Gasteiger charge is -2.00. The van der Waals surface area contributed by atoms with Crippen LogP contribution in [0.1, 0.15) is 0 Å². The Balaban J connectivity index is 1.92. The number of hydrogen-bond donors (Lipinski definition) is 1. The molecule has 0 spiro atoms. The van der Waals surface area contributed by atoms with E-state index in [4.69, 9.17) is 0 Å². The van der Waals surface area contributed by atoms with E-state index in [2.05, 4.69) is 58.1 Å². The highest BCUT2D eigenvalue weighted by atomic mass is 32.1. The number of anilines is 1. The molecule has 0 unspecified atom stereocenters. The molecule has 3 nitrogen and oxygen atoms in total. The minimum Gasteiger partial charge on any atom is -0.273 e. The summed E-state index contributed by atoms with van der Waals surface area (Å²) in [5.41, 5.74) is 2.16. The Morgan fingerprint density at radius 3 is 2.70 bits per heavy atom. The largest absolute Gasteiger partial charge is 0.276 e. The maximum Gasteiger partial charge on any atom is 0.276 e. The van der Waals surface area contributed by atoms with Crippen molar-refractivity contribution in [2.24, 2.45) is 0 Å². The number of benzene rings is 2. The zero-order valence-corrected chi connectivity index (χ0v) is 12.3. The normalized spacial score (nSPS) is 10.5. The summed E-state index contributed by atoms with van der Waals surface area (Å²) in [5, 5.41) is 8.66. The van der Waals surface area contributed by atoms with Gasteiger partial charge < -0.3 is 0 Å². The minimum atomic E-state index is 0.904. The molecule has 0 aliphatic carbocycles. The summed E-state index contributed by atoms with van der Waals surface area (Å²) in [4.78, 5) is 4.61. The number of aromatic nitrogens is 1. The van der Waals surface area contributed by atoms with Gasteiger partial charge in [0, 0.05) is 10.9 Å². The molecule has 0 amide bonds. The van der Waals surface area contributed by atoms with Gasteiger partial charge in [-0.2, -0.15) is 4.98 Å². The molecule has 0 saturated heterocycles. The van der Waals surface area contributed by atoms with E-state index in [-0.39, 0.29) is 0 Å². The molecule has 0 saturated carbocycles. The van der Waals surface area contributed by atoms with Crippen LogP contribution < -0.4 is 5.32 Å². The van der Waals surface area contributed by atoms with Crippen LogP contribution in [0.3, 0.4) is 0 Å². The molecule has 0 atom stereocenters. The summed E-state index contributed by atoms with van der Waals surface area (Å²) in [6, 6.07) is 14.8. The van der Waals surface area contributed by atoms with Gasteiger partial charge in [0.05, 0.1) is 19.8 Å². The van der Waals surface area contributed by atoms with E-state index in [0.29, 0.717) is 0 Å². The predicted octanol–water partition coefficient (Wildman–Crippen LogP) is 3.68. The van der Waals surface area contributed by atoms with E-state index in [1.165, 1.54) is 10.8 Å².